The summed E-state index contributed by atoms with van der Waals surface area (Å²) in [7, 11) is 0. The van der Waals surface area contributed by atoms with Crippen LogP contribution in [0.5, 0.6) is 0 Å². The molecular weight excluding hydrogens is 373 g/mol. The molecule has 2 heterocycles. The Labute approximate surface area is 161 Å². The Morgan fingerprint density at radius 3 is 2.46 bits per heavy atom. The van der Waals surface area contributed by atoms with Gasteiger partial charge >= 0.3 is 12.3 Å². The van der Waals surface area contributed by atoms with Crippen molar-refractivity contribution >= 4 is 12.0 Å². The van der Waals surface area contributed by atoms with E-state index in [-0.39, 0.29) is 29.2 Å². The van der Waals surface area contributed by atoms with E-state index in [1.807, 2.05) is 11.8 Å². The van der Waals surface area contributed by atoms with Crippen molar-refractivity contribution in [3.63, 3.8) is 0 Å². The van der Waals surface area contributed by atoms with Crippen LogP contribution in [-0.2, 0) is 15.7 Å². The van der Waals surface area contributed by atoms with Crippen LogP contribution in [-0.4, -0.2) is 42.1 Å². The third kappa shape index (κ3) is 3.44. The summed E-state index contributed by atoms with van der Waals surface area (Å²) < 4.78 is 43.2. The van der Waals surface area contributed by atoms with Crippen molar-refractivity contribution in [1.29, 1.82) is 0 Å². The maximum absolute atomic E-state index is 12.8. The number of likely N-dealkylation sites (tertiary alicyclic amines) is 1. The number of benzene rings is 1. The molecule has 4 rings (SSSR count). The van der Waals surface area contributed by atoms with Crippen molar-refractivity contribution in [2.45, 2.75) is 43.8 Å². The van der Waals surface area contributed by atoms with E-state index in [0.29, 0.717) is 32.5 Å². The van der Waals surface area contributed by atoms with Gasteiger partial charge < -0.3 is 15.0 Å². The first kappa shape index (κ1) is 19.1. The monoisotopic (exact) mass is 396 g/mol. The predicted octanol–water partition coefficient (Wildman–Crippen LogP) is 3.55. The first-order valence-corrected chi connectivity index (χ1v) is 9.58. The molecule has 3 aliphatic rings. The largest absolute Gasteiger partial charge is 0.447 e. The topological polar surface area (TPSA) is 58.6 Å². The van der Waals surface area contributed by atoms with Gasteiger partial charge in [0, 0.05) is 19.0 Å². The molecule has 3 fully saturated rings. The SMILES string of the molecule is C[C@H]1CN(C(=O)C2CC3(COC(=O)N3)C2)CC[C@H]1c1ccc(C(F)(F)F)cc1. The highest BCUT2D eigenvalue weighted by molar-refractivity contribution is 5.81. The molecule has 5 nitrogen and oxygen atoms in total. The van der Waals surface area contributed by atoms with Gasteiger partial charge in [-0.3, -0.25) is 4.79 Å². The molecule has 2 aliphatic heterocycles. The first-order chi connectivity index (χ1) is 13.2. The summed E-state index contributed by atoms with van der Waals surface area (Å²) in [5, 5.41) is 2.79. The van der Waals surface area contributed by atoms with Crippen LogP contribution in [0.1, 0.15) is 43.2 Å². The van der Waals surface area contributed by atoms with E-state index >= 15 is 0 Å². The van der Waals surface area contributed by atoms with Crippen LogP contribution in [0.3, 0.4) is 0 Å². The van der Waals surface area contributed by atoms with Crippen molar-refractivity contribution in [3.05, 3.63) is 35.4 Å². The fourth-order valence-corrected chi connectivity index (χ4v) is 4.79. The van der Waals surface area contributed by atoms with Crippen LogP contribution >= 0.6 is 0 Å². The molecule has 0 unspecified atom stereocenters. The summed E-state index contributed by atoms with van der Waals surface area (Å²) in [6, 6.07) is 5.37. The average Bonchev–Trinajstić information content (AvgIpc) is 3.01. The molecule has 1 aromatic rings. The highest BCUT2D eigenvalue weighted by Gasteiger charge is 2.53. The number of carbonyl (C=O) groups excluding carboxylic acids is 2. The van der Waals surface area contributed by atoms with E-state index in [9.17, 15) is 22.8 Å². The second-order valence-corrected chi connectivity index (χ2v) is 8.36. The summed E-state index contributed by atoms with van der Waals surface area (Å²) >= 11 is 0. The molecule has 0 radical (unpaired) electrons. The number of alkyl halides is 3. The predicted molar refractivity (Wildman–Crippen MR) is 94.5 cm³/mol. The number of amides is 2. The van der Waals surface area contributed by atoms with Gasteiger partial charge in [-0.1, -0.05) is 19.1 Å². The zero-order valence-corrected chi connectivity index (χ0v) is 15.6. The molecule has 1 aliphatic carbocycles. The average molecular weight is 396 g/mol. The number of carbonyl (C=O) groups is 2. The number of halogens is 3. The Morgan fingerprint density at radius 1 is 1.25 bits per heavy atom. The van der Waals surface area contributed by atoms with Gasteiger partial charge in [0.25, 0.3) is 0 Å². The van der Waals surface area contributed by atoms with Crippen LogP contribution in [0.2, 0.25) is 0 Å². The number of hydrogen-bond acceptors (Lipinski definition) is 3. The minimum atomic E-state index is -4.33. The van der Waals surface area contributed by atoms with E-state index in [1.54, 1.807) is 12.1 Å². The van der Waals surface area contributed by atoms with E-state index in [0.717, 1.165) is 24.1 Å². The van der Waals surface area contributed by atoms with Crippen LogP contribution in [0, 0.1) is 11.8 Å². The lowest BCUT2D eigenvalue weighted by molar-refractivity contribution is -0.143. The highest BCUT2D eigenvalue weighted by atomic mass is 19.4. The number of rotatable bonds is 2. The summed E-state index contributed by atoms with van der Waals surface area (Å²) in [6.45, 7) is 3.55. The smallest absolute Gasteiger partial charge is 0.416 e. The van der Waals surface area contributed by atoms with Crippen molar-refractivity contribution in [3.8, 4) is 0 Å². The zero-order valence-electron chi connectivity index (χ0n) is 15.6. The molecular formula is C20H23F3N2O3. The van der Waals surface area contributed by atoms with Crippen LogP contribution < -0.4 is 5.32 Å². The molecule has 2 amide bonds. The Kier molecular flexibility index (Phi) is 4.55. The molecule has 1 saturated carbocycles. The van der Waals surface area contributed by atoms with Gasteiger partial charge in [-0.2, -0.15) is 13.2 Å². The molecule has 1 spiro atoms. The van der Waals surface area contributed by atoms with Gasteiger partial charge in [0.05, 0.1) is 11.1 Å². The first-order valence-electron chi connectivity index (χ1n) is 9.58. The van der Waals surface area contributed by atoms with Gasteiger partial charge in [-0.05, 0) is 48.8 Å². The number of piperidine rings is 1. The lowest BCUT2D eigenvalue weighted by Crippen LogP contribution is -2.59. The van der Waals surface area contributed by atoms with E-state index in [2.05, 4.69) is 5.32 Å². The van der Waals surface area contributed by atoms with Gasteiger partial charge in [0.1, 0.15) is 6.61 Å². The lowest BCUT2D eigenvalue weighted by atomic mass is 9.68. The molecule has 2 saturated heterocycles. The summed E-state index contributed by atoms with van der Waals surface area (Å²) in [5.74, 6) is 0.306. The van der Waals surface area contributed by atoms with E-state index in [4.69, 9.17) is 4.74 Å². The molecule has 0 bridgehead atoms. The second kappa shape index (κ2) is 6.67. The minimum Gasteiger partial charge on any atom is -0.447 e. The third-order valence-corrected chi connectivity index (χ3v) is 6.35. The van der Waals surface area contributed by atoms with E-state index in [1.165, 1.54) is 0 Å². The molecule has 1 N–H and O–H groups in total. The summed E-state index contributed by atoms with van der Waals surface area (Å²) in [4.78, 5) is 25.9. The maximum Gasteiger partial charge on any atom is 0.416 e. The van der Waals surface area contributed by atoms with Crippen molar-refractivity contribution in [2.24, 2.45) is 11.8 Å². The minimum absolute atomic E-state index is 0.100. The Morgan fingerprint density at radius 2 is 1.93 bits per heavy atom. The molecule has 8 heteroatoms. The summed E-state index contributed by atoms with van der Waals surface area (Å²) in [6.07, 6.45) is -2.81. The number of ether oxygens (including phenoxy) is 1. The Hall–Kier alpha value is -2.25. The van der Waals surface area contributed by atoms with Crippen LogP contribution in [0.4, 0.5) is 18.0 Å². The fourth-order valence-electron chi connectivity index (χ4n) is 4.79. The molecule has 0 aromatic heterocycles. The van der Waals surface area contributed by atoms with Crippen LogP contribution in [0.15, 0.2) is 24.3 Å². The quantitative estimate of drug-likeness (QED) is 0.832. The second-order valence-electron chi connectivity index (χ2n) is 8.36. The normalized spacial score (nSPS) is 32.6. The van der Waals surface area contributed by atoms with Gasteiger partial charge in [0.15, 0.2) is 0 Å². The maximum atomic E-state index is 12.8. The fraction of sp³-hybridized carbons (Fsp3) is 0.600. The molecule has 2 atom stereocenters. The molecule has 28 heavy (non-hydrogen) atoms. The zero-order chi connectivity index (χ0) is 20.1. The summed E-state index contributed by atoms with van der Waals surface area (Å²) in [5.41, 5.74) is -0.124. The lowest BCUT2D eigenvalue weighted by Gasteiger charge is -2.46. The standard InChI is InChI=1S/C20H23F3N2O3/c1-12-10-25(17(26)14-8-19(9-14)11-28-18(27)24-19)7-6-16(12)13-2-4-15(5-3-13)20(21,22)23/h2-5,12,14,16H,6-11H2,1H3,(H,24,27)/t12-,14?,16+,19?/m0/s1. The van der Waals surface area contributed by atoms with Crippen molar-refractivity contribution in [2.75, 3.05) is 19.7 Å². The number of nitrogens with one attached hydrogen (secondary N) is 1. The highest BCUT2D eigenvalue weighted by Crippen LogP contribution is 2.43. The van der Waals surface area contributed by atoms with Gasteiger partial charge in [0.2, 0.25) is 5.91 Å². The van der Waals surface area contributed by atoms with E-state index < -0.39 is 17.8 Å². The number of hydrogen-bond donors (Lipinski definition) is 1. The molecule has 152 valence electrons. The molecule has 1 aromatic carbocycles. The van der Waals surface area contributed by atoms with Crippen molar-refractivity contribution < 1.29 is 27.5 Å². The Bertz CT molecular complexity index is 772. The van der Waals surface area contributed by atoms with Crippen molar-refractivity contribution in [1.82, 2.24) is 10.2 Å². The third-order valence-electron chi connectivity index (χ3n) is 6.35. The number of nitrogens with zero attached hydrogens (tertiary/aromatic N) is 1. The van der Waals surface area contributed by atoms with Crippen LogP contribution in [0.25, 0.3) is 0 Å². The number of alkyl carbamates (subject to hydrolysis) is 1. The number of cyclic esters (lactones) is 1. The van der Waals surface area contributed by atoms with Gasteiger partial charge in [-0.15, -0.1) is 0 Å². The Balaban J connectivity index is 1.34. The van der Waals surface area contributed by atoms with Gasteiger partial charge in [-0.25, -0.2) is 4.79 Å².